The molecular formula is C14H27ClO. The van der Waals surface area contributed by atoms with E-state index in [4.69, 9.17) is 11.6 Å². The molecule has 1 rings (SSSR count). The van der Waals surface area contributed by atoms with Gasteiger partial charge in [-0.15, -0.1) is 11.6 Å². The third kappa shape index (κ3) is 2.41. The molecule has 1 saturated carbocycles. The van der Waals surface area contributed by atoms with Crippen LogP contribution >= 0.6 is 11.6 Å². The lowest BCUT2D eigenvalue weighted by Gasteiger charge is -2.51. The van der Waals surface area contributed by atoms with E-state index in [1.165, 1.54) is 0 Å². The van der Waals surface area contributed by atoms with E-state index in [-0.39, 0.29) is 11.5 Å². The number of aliphatic hydroxyl groups excluding tert-OH is 1. The third-order valence-corrected chi connectivity index (χ3v) is 5.19. The number of hydrogen-bond donors (Lipinski definition) is 1. The zero-order chi connectivity index (χ0) is 12.7. The van der Waals surface area contributed by atoms with E-state index in [1.54, 1.807) is 0 Å². The highest BCUT2D eigenvalue weighted by atomic mass is 35.5. The number of rotatable bonds is 1. The quantitative estimate of drug-likeness (QED) is 0.698. The SMILES string of the molecule is CC1C(C)C(C(C)(C)C)C(O)C(C)C1CCl. The van der Waals surface area contributed by atoms with E-state index in [0.29, 0.717) is 35.5 Å². The standard InChI is InChI=1S/C14H27ClO/c1-8-9(2)12(14(4,5)6)13(16)10(3)11(8)7-15/h8-13,16H,7H2,1-6H3. The van der Waals surface area contributed by atoms with Crippen molar-refractivity contribution in [3.8, 4) is 0 Å². The van der Waals surface area contributed by atoms with Crippen LogP contribution in [0.5, 0.6) is 0 Å². The summed E-state index contributed by atoms with van der Waals surface area (Å²) in [6.45, 7) is 13.4. The van der Waals surface area contributed by atoms with Gasteiger partial charge in [0.2, 0.25) is 0 Å². The van der Waals surface area contributed by atoms with Gasteiger partial charge < -0.3 is 5.11 Å². The van der Waals surface area contributed by atoms with Crippen LogP contribution in [-0.4, -0.2) is 17.1 Å². The second-order valence-electron chi connectivity index (χ2n) is 6.78. The lowest BCUT2D eigenvalue weighted by Crippen LogP contribution is -2.51. The fourth-order valence-corrected chi connectivity index (χ4v) is 4.23. The number of alkyl halides is 1. The summed E-state index contributed by atoms with van der Waals surface area (Å²) in [5.41, 5.74) is 0.165. The summed E-state index contributed by atoms with van der Waals surface area (Å²) in [6, 6.07) is 0. The molecule has 16 heavy (non-hydrogen) atoms. The first kappa shape index (κ1) is 14.3. The summed E-state index contributed by atoms with van der Waals surface area (Å²) in [5.74, 6) is 2.94. The molecule has 0 aromatic rings. The van der Waals surface area contributed by atoms with Crippen molar-refractivity contribution in [1.82, 2.24) is 0 Å². The molecule has 1 fully saturated rings. The maximum atomic E-state index is 10.5. The van der Waals surface area contributed by atoms with Crippen molar-refractivity contribution in [2.75, 3.05) is 5.88 Å². The molecule has 0 bridgehead atoms. The first-order chi connectivity index (χ1) is 7.21. The van der Waals surface area contributed by atoms with Crippen LogP contribution in [0, 0.1) is 35.0 Å². The van der Waals surface area contributed by atoms with Gasteiger partial charge in [-0.2, -0.15) is 0 Å². The van der Waals surface area contributed by atoms with E-state index < -0.39 is 0 Å². The molecule has 0 saturated heterocycles. The van der Waals surface area contributed by atoms with Gasteiger partial charge in [0.25, 0.3) is 0 Å². The molecule has 0 heterocycles. The number of aliphatic hydroxyl groups is 1. The molecule has 0 amide bonds. The third-order valence-electron chi connectivity index (χ3n) is 4.83. The van der Waals surface area contributed by atoms with Gasteiger partial charge in [0.1, 0.15) is 0 Å². The smallest absolute Gasteiger partial charge is 0.0604 e. The Morgan fingerprint density at radius 2 is 1.50 bits per heavy atom. The lowest BCUT2D eigenvalue weighted by molar-refractivity contribution is -0.0989. The normalized spacial score (nSPS) is 45.8. The fourth-order valence-electron chi connectivity index (χ4n) is 3.67. The highest BCUT2D eigenvalue weighted by molar-refractivity contribution is 6.18. The van der Waals surface area contributed by atoms with E-state index in [9.17, 15) is 5.11 Å². The molecule has 0 aromatic carbocycles. The summed E-state index contributed by atoms with van der Waals surface area (Å²) in [5, 5.41) is 10.5. The minimum Gasteiger partial charge on any atom is -0.393 e. The highest BCUT2D eigenvalue weighted by Gasteiger charge is 2.48. The van der Waals surface area contributed by atoms with Crippen molar-refractivity contribution < 1.29 is 5.11 Å². The molecule has 0 aliphatic heterocycles. The first-order valence-corrected chi connectivity index (χ1v) is 6.99. The molecule has 0 radical (unpaired) electrons. The van der Waals surface area contributed by atoms with Gasteiger partial charge in [-0.1, -0.05) is 41.5 Å². The van der Waals surface area contributed by atoms with Crippen molar-refractivity contribution in [2.24, 2.45) is 35.0 Å². The predicted octanol–water partition coefficient (Wildman–Crippen LogP) is 3.79. The van der Waals surface area contributed by atoms with Gasteiger partial charge in [0.05, 0.1) is 6.10 Å². The summed E-state index contributed by atoms with van der Waals surface area (Å²) in [4.78, 5) is 0. The van der Waals surface area contributed by atoms with E-state index in [1.807, 2.05) is 0 Å². The fraction of sp³-hybridized carbons (Fsp3) is 1.00. The van der Waals surface area contributed by atoms with Crippen molar-refractivity contribution >= 4 is 11.6 Å². The Balaban J connectivity index is 2.98. The Hall–Kier alpha value is 0.250. The molecule has 0 spiro atoms. The molecule has 0 aromatic heterocycles. The molecule has 96 valence electrons. The average Bonchev–Trinajstić information content (AvgIpc) is 2.14. The molecule has 1 aliphatic carbocycles. The van der Waals surface area contributed by atoms with Crippen LogP contribution in [0.25, 0.3) is 0 Å². The minimum atomic E-state index is -0.213. The Bertz CT molecular complexity index is 217. The molecule has 1 aliphatic rings. The van der Waals surface area contributed by atoms with Crippen LogP contribution in [0.3, 0.4) is 0 Å². The van der Waals surface area contributed by atoms with E-state index >= 15 is 0 Å². The van der Waals surface area contributed by atoms with Gasteiger partial charge in [0.15, 0.2) is 0 Å². The second-order valence-corrected chi connectivity index (χ2v) is 7.09. The summed E-state index contributed by atoms with van der Waals surface area (Å²) in [6.07, 6.45) is -0.213. The van der Waals surface area contributed by atoms with Crippen LogP contribution in [0.1, 0.15) is 41.5 Å². The van der Waals surface area contributed by atoms with Crippen molar-refractivity contribution in [1.29, 1.82) is 0 Å². The monoisotopic (exact) mass is 246 g/mol. The molecule has 6 unspecified atom stereocenters. The Kier molecular flexibility index (Phi) is 4.34. The molecular weight excluding hydrogens is 220 g/mol. The summed E-state index contributed by atoms with van der Waals surface area (Å²) >= 11 is 6.05. The van der Waals surface area contributed by atoms with Gasteiger partial charge in [-0.25, -0.2) is 0 Å². The summed E-state index contributed by atoms with van der Waals surface area (Å²) in [7, 11) is 0. The lowest BCUT2D eigenvalue weighted by atomic mass is 9.56. The summed E-state index contributed by atoms with van der Waals surface area (Å²) < 4.78 is 0. The Labute approximate surface area is 106 Å². The second kappa shape index (κ2) is 4.86. The predicted molar refractivity (Wildman–Crippen MR) is 70.7 cm³/mol. The number of hydrogen-bond acceptors (Lipinski definition) is 1. The van der Waals surface area contributed by atoms with Crippen LogP contribution in [0.15, 0.2) is 0 Å². The zero-order valence-corrected chi connectivity index (χ0v) is 12.3. The van der Waals surface area contributed by atoms with Gasteiger partial charge in [-0.3, -0.25) is 0 Å². The van der Waals surface area contributed by atoms with Crippen LogP contribution in [0.2, 0.25) is 0 Å². The van der Waals surface area contributed by atoms with E-state index in [0.717, 1.165) is 0 Å². The molecule has 6 atom stereocenters. The Morgan fingerprint density at radius 3 is 1.88 bits per heavy atom. The van der Waals surface area contributed by atoms with Gasteiger partial charge >= 0.3 is 0 Å². The highest BCUT2D eigenvalue weighted by Crippen LogP contribution is 2.49. The maximum absolute atomic E-state index is 10.5. The molecule has 1 nitrogen and oxygen atoms in total. The van der Waals surface area contributed by atoms with E-state index in [2.05, 4.69) is 41.5 Å². The van der Waals surface area contributed by atoms with Crippen LogP contribution in [-0.2, 0) is 0 Å². The maximum Gasteiger partial charge on any atom is 0.0604 e. The van der Waals surface area contributed by atoms with Crippen molar-refractivity contribution in [3.63, 3.8) is 0 Å². The number of halogens is 1. The largest absolute Gasteiger partial charge is 0.393 e. The zero-order valence-electron chi connectivity index (χ0n) is 11.5. The van der Waals surface area contributed by atoms with Crippen LogP contribution in [0.4, 0.5) is 0 Å². The Morgan fingerprint density at radius 1 is 1.00 bits per heavy atom. The van der Waals surface area contributed by atoms with Crippen LogP contribution < -0.4 is 0 Å². The average molecular weight is 247 g/mol. The molecule has 1 N–H and O–H groups in total. The van der Waals surface area contributed by atoms with Crippen molar-refractivity contribution in [2.45, 2.75) is 47.6 Å². The van der Waals surface area contributed by atoms with Gasteiger partial charge in [-0.05, 0) is 35.0 Å². The topological polar surface area (TPSA) is 20.2 Å². The first-order valence-electron chi connectivity index (χ1n) is 6.45. The van der Waals surface area contributed by atoms with Crippen molar-refractivity contribution in [3.05, 3.63) is 0 Å². The molecule has 2 heteroatoms. The van der Waals surface area contributed by atoms with Gasteiger partial charge in [0, 0.05) is 5.88 Å². The minimum absolute atomic E-state index is 0.165.